The normalized spacial score (nSPS) is 17.4. The lowest BCUT2D eigenvalue weighted by Crippen LogP contribution is -2.46. The second kappa shape index (κ2) is 7.97. The molecular formula is C17H18ClN3O3. The second-order valence-corrected chi connectivity index (χ2v) is 5.96. The van der Waals surface area contributed by atoms with Gasteiger partial charge in [-0.05, 0) is 43.2 Å². The van der Waals surface area contributed by atoms with Crippen LogP contribution in [0.25, 0.3) is 0 Å². The molecule has 7 heteroatoms. The van der Waals surface area contributed by atoms with E-state index in [-0.39, 0.29) is 18.6 Å². The van der Waals surface area contributed by atoms with E-state index in [2.05, 4.69) is 10.2 Å². The molecule has 24 heavy (non-hydrogen) atoms. The van der Waals surface area contributed by atoms with Crippen LogP contribution < -0.4 is 9.47 Å². The van der Waals surface area contributed by atoms with Crippen molar-refractivity contribution >= 4 is 17.5 Å². The number of rotatable bonds is 5. The molecule has 1 atom stereocenters. The fraction of sp³-hybridized carbons (Fsp3) is 0.353. The minimum Gasteiger partial charge on any atom is -0.484 e. The van der Waals surface area contributed by atoms with Gasteiger partial charge in [0.1, 0.15) is 11.9 Å². The third-order valence-electron chi connectivity index (χ3n) is 3.74. The quantitative estimate of drug-likeness (QED) is 0.831. The third-order valence-corrected chi connectivity index (χ3v) is 3.99. The maximum atomic E-state index is 12.3. The van der Waals surface area contributed by atoms with E-state index in [4.69, 9.17) is 21.1 Å². The van der Waals surface area contributed by atoms with Gasteiger partial charge in [-0.3, -0.25) is 4.79 Å². The molecule has 0 bridgehead atoms. The van der Waals surface area contributed by atoms with E-state index in [9.17, 15) is 4.79 Å². The predicted octanol–water partition coefficient (Wildman–Crippen LogP) is 2.58. The minimum absolute atomic E-state index is 0.000501. The molecular weight excluding hydrogens is 330 g/mol. The van der Waals surface area contributed by atoms with E-state index in [0.717, 1.165) is 12.8 Å². The van der Waals surface area contributed by atoms with Crippen molar-refractivity contribution in [2.75, 3.05) is 19.7 Å². The number of carbonyl (C=O) groups excluding carboxylic acids is 1. The Morgan fingerprint density at radius 2 is 2.12 bits per heavy atom. The molecule has 0 aliphatic carbocycles. The zero-order valence-corrected chi connectivity index (χ0v) is 13.9. The van der Waals surface area contributed by atoms with Gasteiger partial charge in [0.2, 0.25) is 5.88 Å². The van der Waals surface area contributed by atoms with Gasteiger partial charge in [0.15, 0.2) is 6.61 Å². The molecule has 1 fully saturated rings. The number of piperidine rings is 1. The summed E-state index contributed by atoms with van der Waals surface area (Å²) in [5.74, 6) is 1.05. The second-order valence-electron chi connectivity index (χ2n) is 5.53. The lowest BCUT2D eigenvalue weighted by atomic mass is 10.1. The highest BCUT2D eigenvalue weighted by Gasteiger charge is 2.25. The monoisotopic (exact) mass is 347 g/mol. The molecule has 2 aromatic rings. The van der Waals surface area contributed by atoms with E-state index in [1.165, 1.54) is 0 Å². The summed E-state index contributed by atoms with van der Waals surface area (Å²) in [5, 5.41) is 8.34. The van der Waals surface area contributed by atoms with E-state index in [1.807, 2.05) is 0 Å². The fourth-order valence-electron chi connectivity index (χ4n) is 2.55. The van der Waals surface area contributed by atoms with Gasteiger partial charge in [-0.2, -0.15) is 5.10 Å². The van der Waals surface area contributed by atoms with Crippen molar-refractivity contribution < 1.29 is 14.3 Å². The Labute approximate surface area is 145 Å². The van der Waals surface area contributed by atoms with E-state index >= 15 is 0 Å². The maximum Gasteiger partial charge on any atom is 0.260 e. The van der Waals surface area contributed by atoms with Gasteiger partial charge in [-0.25, -0.2) is 0 Å². The molecule has 0 radical (unpaired) electrons. The van der Waals surface area contributed by atoms with Crippen molar-refractivity contribution in [3.8, 4) is 11.6 Å². The van der Waals surface area contributed by atoms with Crippen LogP contribution in [-0.4, -0.2) is 46.8 Å². The lowest BCUT2D eigenvalue weighted by molar-refractivity contribution is -0.136. The van der Waals surface area contributed by atoms with Crippen LogP contribution in [0.5, 0.6) is 11.6 Å². The van der Waals surface area contributed by atoms with Crippen molar-refractivity contribution in [3.63, 3.8) is 0 Å². The SMILES string of the molecule is O=C(COc1ccc(Cl)cc1)N1CCC[C@H](Oc2cccnn2)C1. The Bertz CT molecular complexity index is 667. The van der Waals surface area contributed by atoms with Crippen LogP contribution in [0.4, 0.5) is 0 Å². The number of aromatic nitrogens is 2. The van der Waals surface area contributed by atoms with Crippen molar-refractivity contribution in [3.05, 3.63) is 47.6 Å². The number of carbonyl (C=O) groups is 1. The number of likely N-dealkylation sites (tertiary alicyclic amines) is 1. The Balaban J connectivity index is 1.50. The van der Waals surface area contributed by atoms with Gasteiger partial charge >= 0.3 is 0 Å². The van der Waals surface area contributed by atoms with Crippen molar-refractivity contribution in [1.29, 1.82) is 0 Å². The first-order chi connectivity index (χ1) is 11.7. The largest absolute Gasteiger partial charge is 0.484 e. The van der Waals surface area contributed by atoms with Crippen LogP contribution in [0.3, 0.4) is 0 Å². The van der Waals surface area contributed by atoms with Gasteiger partial charge in [0.25, 0.3) is 5.91 Å². The number of hydrogen-bond donors (Lipinski definition) is 0. The highest BCUT2D eigenvalue weighted by atomic mass is 35.5. The summed E-state index contributed by atoms with van der Waals surface area (Å²) < 4.78 is 11.3. The number of ether oxygens (including phenoxy) is 2. The Morgan fingerprint density at radius 1 is 1.29 bits per heavy atom. The predicted molar refractivity (Wildman–Crippen MR) is 89.2 cm³/mol. The number of halogens is 1. The van der Waals surface area contributed by atoms with Crippen LogP contribution >= 0.6 is 11.6 Å². The maximum absolute atomic E-state index is 12.3. The van der Waals surface area contributed by atoms with E-state index < -0.39 is 0 Å². The first-order valence-corrected chi connectivity index (χ1v) is 8.19. The van der Waals surface area contributed by atoms with Gasteiger partial charge in [-0.1, -0.05) is 11.6 Å². The summed E-state index contributed by atoms with van der Waals surface area (Å²) >= 11 is 5.82. The molecule has 3 rings (SSSR count). The first kappa shape index (κ1) is 16.5. The third kappa shape index (κ3) is 4.58. The molecule has 126 valence electrons. The Kier molecular flexibility index (Phi) is 5.48. The standard InChI is InChI=1S/C17H18ClN3O3/c18-13-5-7-14(8-6-13)23-12-17(22)21-10-2-3-15(11-21)24-16-4-1-9-19-20-16/h1,4-9,15H,2-3,10-12H2/t15-/m0/s1. The number of benzene rings is 1. The van der Waals surface area contributed by atoms with Crippen LogP contribution in [-0.2, 0) is 4.79 Å². The molecule has 0 unspecified atom stereocenters. The average Bonchev–Trinajstić information content (AvgIpc) is 2.62. The summed E-state index contributed by atoms with van der Waals surface area (Å²) in [4.78, 5) is 14.1. The lowest BCUT2D eigenvalue weighted by Gasteiger charge is -2.32. The minimum atomic E-state index is -0.0741. The van der Waals surface area contributed by atoms with Crippen molar-refractivity contribution in [2.24, 2.45) is 0 Å². The van der Waals surface area contributed by atoms with Gasteiger partial charge in [0, 0.05) is 23.8 Å². The van der Waals surface area contributed by atoms with Crippen LogP contribution in [0.1, 0.15) is 12.8 Å². The number of amides is 1. The molecule has 1 saturated heterocycles. The van der Waals surface area contributed by atoms with E-state index in [1.54, 1.807) is 47.5 Å². The number of nitrogens with zero attached hydrogens (tertiary/aromatic N) is 3. The van der Waals surface area contributed by atoms with Crippen LogP contribution in [0, 0.1) is 0 Å². The highest BCUT2D eigenvalue weighted by molar-refractivity contribution is 6.30. The molecule has 1 amide bonds. The Hall–Kier alpha value is -2.34. The zero-order valence-electron chi connectivity index (χ0n) is 13.1. The highest BCUT2D eigenvalue weighted by Crippen LogP contribution is 2.18. The van der Waals surface area contributed by atoms with Crippen molar-refractivity contribution in [2.45, 2.75) is 18.9 Å². The van der Waals surface area contributed by atoms with Gasteiger partial charge in [-0.15, -0.1) is 5.10 Å². The van der Waals surface area contributed by atoms with Crippen LogP contribution in [0.2, 0.25) is 5.02 Å². The molecule has 0 spiro atoms. The zero-order chi connectivity index (χ0) is 16.8. The Morgan fingerprint density at radius 3 is 2.88 bits per heavy atom. The summed E-state index contributed by atoms with van der Waals surface area (Å²) in [6.07, 6.45) is 3.29. The smallest absolute Gasteiger partial charge is 0.260 e. The van der Waals surface area contributed by atoms with Crippen LogP contribution in [0.15, 0.2) is 42.6 Å². The van der Waals surface area contributed by atoms with Crippen molar-refractivity contribution in [1.82, 2.24) is 15.1 Å². The summed E-state index contributed by atoms with van der Waals surface area (Å²) in [6.45, 7) is 1.24. The molecule has 0 saturated carbocycles. The number of hydrogen-bond acceptors (Lipinski definition) is 5. The molecule has 0 N–H and O–H groups in total. The summed E-state index contributed by atoms with van der Waals surface area (Å²) in [5.41, 5.74) is 0. The fourth-order valence-corrected chi connectivity index (χ4v) is 2.68. The van der Waals surface area contributed by atoms with Gasteiger partial charge in [0.05, 0.1) is 6.54 Å². The van der Waals surface area contributed by atoms with E-state index in [0.29, 0.717) is 29.7 Å². The molecule has 2 heterocycles. The molecule has 1 aromatic carbocycles. The molecule has 1 aliphatic rings. The molecule has 1 aliphatic heterocycles. The summed E-state index contributed by atoms with van der Waals surface area (Å²) in [7, 11) is 0. The van der Waals surface area contributed by atoms with Gasteiger partial charge < -0.3 is 14.4 Å². The average molecular weight is 348 g/mol. The summed E-state index contributed by atoms with van der Waals surface area (Å²) in [6, 6.07) is 10.5. The molecule has 1 aromatic heterocycles. The molecule has 6 nitrogen and oxygen atoms in total. The first-order valence-electron chi connectivity index (χ1n) is 7.81. The topological polar surface area (TPSA) is 64.5 Å².